The summed E-state index contributed by atoms with van der Waals surface area (Å²) in [5, 5.41) is 0. The predicted octanol–water partition coefficient (Wildman–Crippen LogP) is 5.60. The number of carbonyl (C=O) groups is 1. The second-order valence-corrected chi connectivity index (χ2v) is 7.29. The Balaban J connectivity index is 2.48. The largest absolute Gasteiger partial charge is 0.443 e. The topological polar surface area (TPSA) is 31.2 Å². The van der Waals surface area contributed by atoms with E-state index in [4.69, 9.17) is 4.74 Å². The molecule has 0 fully saturated rings. The molecule has 6 heteroatoms. The number of rotatable bonds is 1. The van der Waals surface area contributed by atoms with Crippen LogP contribution in [0.2, 0.25) is 0 Å². The zero-order valence-electron chi connectivity index (χ0n) is 11.8. The van der Waals surface area contributed by atoms with Gasteiger partial charge in [0.15, 0.2) is 0 Å². The lowest BCUT2D eigenvalue weighted by atomic mass is 10.1. The fourth-order valence-corrected chi connectivity index (χ4v) is 2.77. The lowest BCUT2D eigenvalue weighted by Crippen LogP contribution is -2.27. The lowest BCUT2D eigenvalue weighted by molar-refractivity contribution is 0.0540. The van der Waals surface area contributed by atoms with Gasteiger partial charge in [0, 0.05) is 20.7 Å². The third-order valence-electron chi connectivity index (χ3n) is 2.58. The van der Waals surface area contributed by atoms with Gasteiger partial charge in [-0.3, -0.25) is 4.57 Å². The van der Waals surface area contributed by atoms with E-state index in [-0.39, 0.29) is 5.82 Å². The molecule has 0 saturated carbocycles. The molecule has 0 unspecified atom stereocenters. The van der Waals surface area contributed by atoms with Crippen molar-refractivity contribution in [3.05, 3.63) is 45.2 Å². The number of ether oxygens (including phenoxy) is 1. The maximum absolute atomic E-state index is 13.2. The molecule has 1 aromatic carbocycles. The van der Waals surface area contributed by atoms with Crippen LogP contribution < -0.4 is 0 Å². The summed E-state index contributed by atoms with van der Waals surface area (Å²) >= 11 is 6.67. The van der Waals surface area contributed by atoms with Crippen molar-refractivity contribution in [3.8, 4) is 11.3 Å². The van der Waals surface area contributed by atoms with Gasteiger partial charge in [-0.2, -0.15) is 0 Å². The Bertz CT molecular complexity index is 689. The zero-order valence-corrected chi connectivity index (χ0v) is 15.0. The molecule has 0 radical (unpaired) electrons. The molecule has 0 atom stereocenters. The molecule has 0 spiro atoms. The van der Waals surface area contributed by atoms with E-state index in [1.807, 2.05) is 0 Å². The van der Waals surface area contributed by atoms with Crippen LogP contribution >= 0.6 is 31.9 Å². The zero-order chi connectivity index (χ0) is 15.8. The highest BCUT2D eigenvalue weighted by molar-refractivity contribution is 9.10. The van der Waals surface area contributed by atoms with Gasteiger partial charge in [0.1, 0.15) is 11.4 Å². The SMILES string of the molecule is CC(C)(C)OC(=O)n1cc(Br)cc1-c1ccc(F)cc1Br. The van der Waals surface area contributed by atoms with Crippen molar-refractivity contribution in [1.29, 1.82) is 0 Å². The monoisotopic (exact) mass is 417 g/mol. The molecule has 2 aromatic rings. The minimum Gasteiger partial charge on any atom is -0.443 e. The van der Waals surface area contributed by atoms with Gasteiger partial charge < -0.3 is 4.74 Å². The minimum atomic E-state index is -0.592. The Hall–Kier alpha value is -1.14. The number of nitrogens with zero attached hydrogens (tertiary/aromatic N) is 1. The first-order valence-corrected chi connectivity index (χ1v) is 7.82. The Labute approximate surface area is 139 Å². The molecule has 0 aliphatic rings. The van der Waals surface area contributed by atoms with E-state index >= 15 is 0 Å². The van der Waals surface area contributed by atoms with Crippen LogP contribution in [0.3, 0.4) is 0 Å². The van der Waals surface area contributed by atoms with E-state index in [1.54, 1.807) is 39.1 Å². The Morgan fingerprint density at radius 3 is 2.48 bits per heavy atom. The summed E-state index contributed by atoms with van der Waals surface area (Å²) in [5.41, 5.74) is 0.724. The Morgan fingerprint density at radius 2 is 1.90 bits per heavy atom. The highest BCUT2D eigenvalue weighted by Crippen LogP contribution is 2.32. The van der Waals surface area contributed by atoms with Crippen molar-refractivity contribution >= 4 is 38.0 Å². The normalized spacial score (nSPS) is 11.5. The summed E-state index contributed by atoms with van der Waals surface area (Å²) in [6, 6.07) is 6.10. The Kier molecular flexibility index (Phi) is 4.58. The summed E-state index contributed by atoms with van der Waals surface area (Å²) in [7, 11) is 0. The standard InChI is InChI=1S/C15H14Br2FNO2/c1-15(2,3)21-14(20)19-8-9(16)6-13(19)11-5-4-10(18)7-12(11)17/h4-8H,1-3H3. The number of halogens is 3. The number of hydrogen-bond donors (Lipinski definition) is 0. The molecule has 0 saturated heterocycles. The number of benzene rings is 1. The van der Waals surface area contributed by atoms with Gasteiger partial charge in [0.05, 0.1) is 5.69 Å². The molecule has 2 rings (SSSR count). The lowest BCUT2D eigenvalue weighted by Gasteiger charge is -2.20. The highest BCUT2D eigenvalue weighted by Gasteiger charge is 2.21. The van der Waals surface area contributed by atoms with E-state index in [1.165, 1.54) is 16.7 Å². The molecule has 1 heterocycles. The van der Waals surface area contributed by atoms with Crippen LogP contribution in [0.25, 0.3) is 11.3 Å². The summed E-state index contributed by atoms with van der Waals surface area (Å²) in [5.74, 6) is -0.347. The molecular formula is C15H14Br2FNO2. The van der Waals surface area contributed by atoms with Crippen LogP contribution in [0.4, 0.5) is 9.18 Å². The Morgan fingerprint density at radius 1 is 1.24 bits per heavy atom. The summed E-state index contributed by atoms with van der Waals surface area (Å²) in [6.45, 7) is 5.41. The van der Waals surface area contributed by atoms with Gasteiger partial charge in [0.2, 0.25) is 0 Å². The summed E-state index contributed by atoms with van der Waals surface area (Å²) < 4.78 is 21.3. The van der Waals surface area contributed by atoms with Crippen LogP contribution in [-0.2, 0) is 4.74 Å². The average molecular weight is 419 g/mol. The van der Waals surface area contributed by atoms with Crippen molar-refractivity contribution in [2.24, 2.45) is 0 Å². The molecule has 21 heavy (non-hydrogen) atoms. The van der Waals surface area contributed by atoms with E-state index in [2.05, 4.69) is 31.9 Å². The van der Waals surface area contributed by atoms with E-state index in [9.17, 15) is 9.18 Å². The molecular weight excluding hydrogens is 405 g/mol. The van der Waals surface area contributed by atoms with Crippen molar-refractivity contribution in [2.75, 3.05) is 0 Å². The molecule has 0 bridgehead atoms. The van der Waals surface area contributed by atoms with Gasteiger partial charge >= 0.3 is 6.09 Å². The van der Waals surface area contributed by atoms with Crippen LogP contribution in [-0.4, -0.2) is 16.3 Å². The first-order chi connectivity index (χ1) is 9.67. The smallest absolute Gasteiger partial charge is 0.419 e. The summed E-state index contributed by atoms with van der Waals surface area (Å²) in [4.78, 5) is 12.3. The summed E-state index contributed by atoms with van der Waals surface area (Å²) in [6.07, 6.45) is 1.14. The highest BCUT2D eigenvalue weighted by atomic mass is 79.9. The molecule has 1 aromatic heterocycles. The van der Waals surface area contributed by atoms with Crippen molar-refractivity contribution in [1.82, 2.24) is 4.57 Å². The first kappa shape index (κ1) is 16.2. The number of carbonyl (C=O) groups excluding carboxylic acids is 1. The van der Waals surface area contributed by atoms with Crippen molar-refractivity contribution in [2.45, 2.75) is 26.4 Å². The number of aromatic nitrogens is 1. The number of hydrogen-bond acceptors (Lipinski definition) is 2. The van der Waals surface area contributed by atoms with E-state index in [0.29, 0.717) is 15.7 Å². The van der Waals surface area contributed by atoms with Gasteiger partial charge in [-0.25, -0.2) is 9.18 Å². The maximum atomic E-state index is 13.2. The van der Waals surface area contributed by atoms with Crippen LogP contribution in [0.15, 0.2) is 39.4 Å². The van der Waals surface area contributed by atoms with Gasteiger partial charge in [-0.05, 0) is 76.9 Å². The van der Waals surface area contributed by atoms with Gasteiger partial charge in [-0.15, -0.1) is 0 Å². The molecule has 0 aliphatic carbocycles. The van der Waals surface area contributed by atoms with E-state index in [0.717, 1.165) is 4.47 Å². The van der Waals surface area contributed by atoms with Crippen LogP contribution in [0.1, 0.15) is 20.8 Å². The average Bonchev–Trinajstić information content (AvgIpc) is 2.69. The van der Waals surface area contributed by atoms with Crippen molar-refractivity contribution in [3.63, 3.8) is 0 Å². The van der Waals surface area contributed by atoms with E-state index < -0.39 is 11.7 Å². The molecule has 3 nitrogen and oxygen atoms in total. The fraction of sp³-hybridized carbons (Fsp3) is 0.267. The van der Waals surface area contributed by atoms with Crippen molar-refractivity contribution < 1.29 is 13.9 Å². The second kappa shape index (κ2) is 5.93. The molecule has 0 aliphatic heterocycles. The predicted molar refractivity (Wildman–Crippen MR) is 86.9 cm³/mol. The molecule has 0 amide bonds. The fourth-order valence-electron chi connectivity index (χ4n) is 1.80. The maximum Gasteiger partial charge on any atom is 0.419 e. The molecule has 0 N–H and O–H groups in total. The quantitative estimate of drug-likeness (QED) is 0.603. The second-order valence-electron chi connectivity index (χ2n) is 5.52. The van der Waals surface area contributed by atoms with Crippen LogP contribution in [0, 0.1) is 5.82 Å². The third-order valence-corrected chi connectivity index (χ3v) is 3.67. The first-order valence-electron chi connectivity index (χ1n) is 6.24. The molecule has 112 valence electrons. The minimum absolute atomic E-state index is 0.347. The third kappa shape index (κ3) is 3.95. The van der Waals surface area contributed by atoms with Crippen LogP contribution in [0.5, 0.6) is 0 Å². The van der Waals surface area contributed by atoms with Gasteiger partial charge in [-0.1, -0.05) is 0 Å². The van der Waals surface area contributed by atoms with Gasteiger partial charge in [0.25, 0.3) is 0 Å².